The lowest BCUT2D eigenvalue weighted by Crippen LogP contribution is -2.47. The zero-order valence-corrected chi connectivity index (χ0v) is 16.3. The van der Waals surface area contributed by atoms with Gasteiger partial charge in [0.1, 0.15) is 5.76 Å². The number of carbonyl (C=O) groups is 1. The summed E-state index contributed by atoms with van der Waals surface area (Å²) < 4.78 is 5.22. The van der Waals surface area contributed by atoms with Crippen molar-refractivity contribution in [3.05, 3.63) is 56.9 Å². The largest absolute Gasteiger partial charge is 0.361 e. The van der Waals surface area contributed by atoms with E-state index in [4.69, 9.17) is 27.7 Å². The summed E-state index contributed by atoms with van der Waals surface area (Å²) in [4.78, 5) is 16.6. The number of benzene rings is 1. The Balaban J connectivity index is 1.55. The van der Waals surface area contributed by atoms with Crippen LogP contribution in [-0.2, 0) is 11.3 Å². The first kappa shape index (κ1) is 19.0. The molecule has 1 saturated heterocycles. The maximum atomic E-state index is 12.4. The lowest BCUT2D eigenvalue weighted by Gasteiger charge is -2.34. The van der Waals surface area contributed by atoms with E-state index in [0.717, 1.165) is 42.2 Å². The van der Waals surface area contributed by atoms with E-state index in [1.165, 1.54) is 0 Å². The molecule has 1 amide bonds. The molecule has 0 unspecified atom stereocenters. The smallest absolute Gasteiger partial charge is 0.246 e. The summed E-state index contributed by atoms with van der Waals surface area (Å²) in [7, 11) is 0. The molecule has 1 fully saturated rings. The molecule has 1 aliphatic rings. The van der Waals surface area contributed by atoms with Gasteiger partial charge in [-0.25, -0.2) is 0 Å². The van der Waals surface area contributed by atoms with Gasteiger partial charge in [0, 0.05) is 44.4 Å². The van der Waals surface area contributed by atoms with Crippen LogP contribution in [0.2, 0.25) is 10.0 Å². The predicted molar refractivity (Wildman–Crippen MR) is 103 cm³/mol. The minimum Gasteiger partial charge on any atom is -0.361 e. The first-order valence-corrected chi connectivity index (χ1v) is 9.26. The van der Waals surface area contributed by atoms with Crippen LogP contribution in [0, 0.1) is 13.8 Å². The molecule has 0 saturated carbocycles. The van der Waals surface area contributed by atoms with E-state index in [2.05, 4.69) is 10.1 Å². The molecule has 5 nitrogen and oxygen atoms in total. The Morgan fingerprint density at radius 3 is 2.62 bits per heavy atom. The maximum absolute atomic E-state index is 12.4. The fourth-order valence-corrected chi connectivity index (χ4v) is 3.36. The van der Waals surface area contributed by atoms with Gasteiger partial charge >= 0.3 is 0 Å². The van der Waals surface area contributed by atoms with Crippen LogP contribution < -0.4 is 0 Å². The Morgan fingerprint density at radius 1 is 1.23 bits per heavy atom. The number of amides is 1. The van der Waals surface area contributed by atoms with E-state index in [1.54, 1.807) is 18.2 Å². The second-order valence-corrected chi connectivity index (χ2v) is 7.17. The number of piperazine rings is 1. The number of aromatic nitrogens is 1. The highest BCUT2D eigenvalue weighted by molar-refractivity contribution is 6.42. The number of nitrogens with zero attached hydrogens (tertiary/aromatic N) is 3. The average molecular weight is 394 g/mol. The third-order valence-electron chi connectivity index (χ3n) is 4.63. The second kappa shape index (κ2) is 8.25. The van der Waals surface area contributed by atoms with E-state index in [0.29, 0.717) is 23.1 Å². The maximum Gasteiger partial charge on any atom is 0.246 e. The normalized spacial score (nSPS) is 15.8. The molecule has 1 aliphatic heterocycles. The van der Waals surface area contributed by atoms with Gasteiger partial charge in [-0.3, -0.25) is 9.69 Å². The van der Waals surface area contributed by atoms with Gasteiger partial charge in [0.2, 0.25) is 5.91 Å². The van der Waals surface area contributed by atoms with Crippen molar-refractivity contribution in [2.24, 2.45) is 0 Å². The van der Waals surface area contributed by atoms with E-state index in [-0.39, 0.29) is 5.91 Å². The molecule has 26 heavy (non-hydrogen) atoms. The molecule has 0 atom stereocenters. The summed E-state index contributed by atoms with van der Waals surface area (Å²) in [5, 5.41) is 4.94. The Hall–Kier alpha value is -1.82. The molecule has 0 bridgehead atoms. The number of aryl methyl sites for hydroxylation is 2. The first-order chi connectivity index (χ1) is 12.5. The molecule has 7 heteroatoms. The zero-order valence-electron chi connectivity index (χ0n) is 14.8. The summed E-state index contributed by atoms with van der Waals surface area (Å²) >= 11 is 12.1. The molecule has 138 valence electrons. The van der Waals surface area contributed by atoms with Gasteiger partial charge in [-0.1, -0.05) is 40.5 Å². The minimum atomic E-state index is -0.0157. The van der Waals surface area contributed by atoms with Crippen molar-refractivity contribution >= 4 is 35.2 Å². The quantitative estimate of drug-likeness (QED) is 0.737. The molecule has 1 aromatic heterocycles. The van der Waals surface area contributed by atoms with Crippen molar-refractivity contribution in [3.8, 4) is 0 Å². The molecule has 0 radical (unpaired) electrons. The molecule has 3 rings (SSSR count). The summed E-state index contributed by atoms with van der Waals surface area (Å²) in [5.41, 5.74) is 2.81. The lowest BCUT2D eigenvalue weighted by atomic mass is 10.1. The number of rotatable bonds is 4. The fourth-order valence-electron chi connectivity index (χ4n) is 2.99. The Morgan fingerprint density at radius 2 is 1.96 bits per heavy atom. The van der Waals surface area contributed by atoms with Crippen molar-refractivity contribution < 1.29 is 9.32 Å². The Kier molecular flexibility index (Phi) is 6.01. The lowest BCUT2D eigenvalue weighted by molar-refractivity contribution is -0.127. The van der Waals surface area contributed by atoms with Crippen molar-refractivity contribution in [1.82, 2.24) is 15.0 Å². The highest BCUT2D eigenvalue weighted by Crippen LogP contribution is 2.26. The summed E-state index contributed by atoms with van der Waals surface area (Å²) in [5.74, 6) is 0.848. The van der Waals surface area contributed by atoms with Crippen LogP contribution in [0.5, 0.6) is 0 Å². The van der Waals surface area contributed by atoms with Gasteiger partial charge < -0.3 is 9.42 Å². The molecule has 0 aliphatic carbocycles. The molecular weight excluding hydrogens is 373 g/mol. The minimum absolute atomic E-state index is 0.0157. The summed E-state index contributed by atoms with van der Waals surface area (Å²) in [6, 6.07) is 5.37. The van der Waals surface area contributed by atoms with Crippen molar-refractivity contribution in [2.45, 2.75) is 20.4 Å². The third kappa shape index (κ3) is 4.29. The van der Waals surface area contributed by atoms with Crippen LogP contribution in [0.3, 0.4) is 0 Å². The van der Waals surface area contributed by atoms with E-state index in [9.17, 15) is 4.79 Å². The van der Waals surface area contributed by atoms with Gasteiger partial charge in [-0.15, -0.1) is 0 Å². The molecule has 1 aromatic carbocycles. The van der Waals surface area contributed by atoms with Crippen LogP contribution in [0.1, 0.15) is 22.6 Å². The second-order valence-electron chi connectivity index (χ2n) is 6.38. The number of hydrogen-bond donors (Lipinski definition) is 0. The molecule has 2 aromatic rings. The first-order valence-electron chi connectivity index (χ1n) is 8.51. The number of carbonyl (C=O) groups excluding carboxylic acids is 1. The summed E-state index contributed by atoms with van der Waals surface area (Å²) in [6.45, 7) is 7.71. The van der Waals surface area contributed by atoms with Crippen LogP contribution in [0.15, 0.2) is 28.8 Å². The highest BCUT2D eigenvalue weighted by atomic mass is 35.5. The van der Waals surface area contributed by atoms with Crippen molar-refractivity contribution in [2.75, 3.05) is 26.2 Å². The monoisotopic (exact) mass is 393 g/mol. The standard InChI is InChI=1S/C19H21Cl2N3O2/c1-13-16(14(2)26-22-13)12-23-8-10-24(11-9-23)18(25)7-6-15-4-3-5-17(20)19(15)21/h3-7H,8-12H2,1-2H3/b7-6+. The molecule has 0 spiro atoms. The van der Waals surface area contributed by atoms with Crippen LogP contribution >= 0.6 is 23.2 Å². The van der Waals surface area contributed by atoms with E-state index < -0.39 is 0 Å². The summed E-state index contributed by atoms with van der Waals surface area (Å²) in [6.07, 6.45) is 3.27. The van der Waals surface area contributed by atoms with Gasteiger partial charge in [-0.2, -0.15) is 0 Å². The highest BCUT2D eigenvalue weighted by Gasteiger charge is 2.21. The molecule has 0 N–H and O–H groups in total. The predicted octanol–water partition coefficient (Wildman–Crippen LogP) is 3.96. The van der Waals surface area contributed by atoms with Crippen LogP contribution in [0.4, 0.5) is 0 Å². The number of hydrogen-bond acceptors (Lipinski definition) is 4. The fraction of sp³-hybridized carbons (Fsp3) is 0.368. The van der Waals surface area contributed by atoms with E-state index >= 15 is 0 Å². The zero-order chi connectivity index (χ0) is 18.7. The van der Waals surface area contributed by atoms with Gasteiger partial charge in [-0.05, 0) is 31.6 Å². The van der Waals surface area contributed by atoms with Crippen molar-refractivity contribution in [3.63, 3.8) is 0 Å². The number of halogens is 2. The van der Waals surface area contributed by atoms with Gasteiger partial charge in [0.15, 0.2) is 0 Å². The molecule has 2 heterocycles. The van der Waals surface area contributed by atoms with Crippen LogP contribution in [-0.4, -0.2) is 47.0 Å². The van der Waals surface area contributed by atoms with Crippen LogP contribution in [0.25, 0.3) is 6.08 Å². The third-order valence-corrected chi connectivity index (χ3v) is 5.47. The topological polar surface area (TPSA) is 49.6 Å². The molecular formula is C19H21Cl2N3O2. The van der Waals surface area contributed by atoms with Crippen molar-refractivity contribution in [1.29, 1.82) is 0 Å². The average Bonchev–Trinajstić information content (AvgIpc) is 2.95. The Labute approximate surface area is 163 Å². The van der Waals surface area contributed by atoms with E-state index in [1.807, 2.05) is 30.9 Å². The van der Waals surface area contributed by atoms with Gasteiger partial charge in [0.05, 0.1) is 15.7 Å². The van der Waals surface area contributed by atoms with Gasteiger partial charge in [0.25, 0.3) is 0 Å². The SMILES string of the molecule is Cc1noc(C)c1CN1CCN(C(=O)/C=C/c2cccc(Cl)c2Cl)CC1. The Bertz CT molecular complexity index is 805.